The lowest BCUT2D eigenvalue weighted by atomic mass is 10.1. The average Bonchev–Trinajstić information content (AvgIpc) is 3.33. The number of rotatable bonds is 10. The lowest BCUT2D eigenvalue weighted by molar-refractivity contribution is -0.139. The fourth-order valence-corrected chi connectivity index (χ4v) is 3.87. The standard InChI is InChI=1S/C18H27N5O3S.ClH/c19-18(20)21-9-1-4-13(12-24)22-17(26)15-6-2-10-23(15)16(25)8-7-14-5-3-11-27-14;/h3,5,11-13,15H,1-2,4,6-10H2,(H,22,26)(H4,19,20,21);1H/t13-,15-;/m0./s1. The number of carbonyl (C=O) groups is 3. The highest BCUT2D eigenvalue weighted by atomic mass is 35.5. The molecule has 28 heavy (non-hydrogen) atoms. The molecule has 0 aromatic carbocycles. The number of nitrogens with zero attached hydrogens (tertiary/aromatic N) is 1. The summed E-state index contributed by atoms with van der Waals surface area (Å²) < 4.78 is 0. The Morgan fingerprint density at radius 3 is 2.89 bits per heavy atom. The topological polar surface area (TPSA) is 128 Å². The largest absolute Gasteiger partial charge is 0.370 e. The fraction of sp³-hybridized carbons (Fsp3) is 0.556. The Balaban J connectivity index is 0.00000392. The molecule has 10 heteroatoms. The van der Waals surface area contributed by atoms with Gasteiger partial charge in [0.25, 0.3) is 0 Å². The van der Waals surface area contributed by atoms with Crippen LogP contribution in [-0.4, -0.2) is 54.1 Å². The third-order valence-corrected chi connectivity index (χ3v) is 5.48. The lowest BCUT2D eigenvalue weighted by Gasteiger charge is -2.25. The minimum absolute atomic E-state index is 0. The first-order chi connectivity index (χ1) is 13.0. The quantitative estimate of drug-likeness (QED) is 0.191. The number of nitrogens with two attached hydrogens (primary N) is 1. The first kappa shape index (κ1) is 23.9. The van der Waals surface area contributed by atoms with E-state index < -0.39 is 12.1 Å². The molecule has 2 amide bonds. The number of thiophene rings is 1. The summed E-state index contributed by atoms with van der Waals surface area (Å²) in [7, 11) is 0. The summed E-state index contributed by atoms with van der Waals surface area (Å²) in [4.78, 5) is 39.1. The van der Waals surface area contributed by atoms with Crippen molar-refractivity contribution in [1.29, 1.82) is 5.41 Å². The van der Waals surface area contributed by atoms with Crippen molar-refractivity contribution in [2.75, 3.05) is 13.1 Å². The molecular formula is C18H28ClN5O3S. The highest BCUT2D eigenvalue weighted by Crippen LogP contribution is 2.20. The number of aldehydes is 1. The number of hydrogen-bond acceptors (Lipinski definition) is 5. The Bertz CT molecular complexity index is 656. The van der Waals surface area contributed by atoms with Crippen LogP contribution < -0.4 is 16.4 Å². The van der Waals surface area contributed by atoms with Crippen LogP contribution in [0.5, 0.6) is 0 Å². The number of aryl methyl sites for hydroxylation is 1. The molecule has 0 spiro atoms. The van der Waals surface area contributed by atoms with Gasteiger partial charge < -0.3 is 26.1 Å². The van der Waals surface area contributed by atoms with Crippen molar-refractivity contribution in [3.05, 3.63) is 22.4 Å². The second-order valence-corrected chi connectivity index (χ2v) is 7.59. The molecule has 1 aliphatic heterocycles. The van der Waals surface area contributed by atoms with E-state index in [0.29, 0.717) is 51.5 Å². The summed E-state index contributed by atoms with van der Waals surface area (Å²) in [5.41, 5.74) is 5.20. The minimum Gasteiger partial charge on any atom is -0.370 e. The van der Waals surface area contributed by atoms with E-state index in [9.17, 15) is 14.4 Å². The predicted octanol–water partition coefficient (Wildman–Crippen LogP) is 1.04. The molecule has 8 nitrogen and oxygen atoms in total. The van der Waals surface area contributed by atoms with E-state index in [0.717, 1.165) is 11.3 Å². The van der Waals surface area contributed by atoms with Gasteiger partial charge in [0.2, 0.25) is 11.8 Å². The molecule has 0 unspecified atom stereocenters. The molecule has 1 saturated heterocycles. The molecule has 0 radical (unpaired) electrons. The van der Waals surface area contributed by atoms with Crippen molar-refractivity contribution >= 4 is 47.8 Å². The Kier molecular flexibility index (Phi) is 10.5. The summed E-state index contributed by atoms with van der Waals surface area (Å²) in [6, 6.07) is 2.86. The van der Waals surface area contributed by atoms with Crippen LogP contribution in [0.3, 0.4) is 0 Å². The van der Waals surface area contributed by atoms with E-state index in [1.54, 1.807) is 16.2 Å². The van der Waals surface area contributed by atoms with Crippen LogP contribution in [0, 0.1) is 5.41 Å². The molecule has 0 bridgehead atoms. The van der Waals surface area contributed by atoms with Crippen molar-refractivity contribution in [2.24, 2.45) is 5.73 Å². The predicted molar refractivity (Wildman–Crippen MR) is 112 cm³/mol. The fourth-order valence-electron chi connectivity index (χ4n) is 3.16. The van der Waals surface area contributed by atoms with E-state index in [-0.39, 0.29) is 30.2 Å². The van der Waals surface area contributed by atoms with Crippen LogP contribution in [0.2, 0.25) is 0 Å². The van der Waals surface area contributed by atoms with Crippen molar-refractivity contribution in [2.45, 2.75) is 50.6 Å². The van der Waals surface area contributed by atoms with Crippen LogP contribution in [0.1, 0.15) is 37.0 Å². The Labute approximate surface area is 175 Å². The second kappa shape index (κ2) is 12.4. The van der Waals surface area contributed by atoms with Crippen molar-refractivity contribution < 1.29 is 14.4 Å². The zero-order valence-electron chi connectivity index (χ0n) is 15.7. The van der Waals surface area contributed by atoms with Gasteiger partial charge in [-0.3, -0.25) is 15.0 Å². The van der Waals surface area contributed by atoms with Crippen LogP contribution in [0.15, 0.2) is 17.5 Å². The van der Waals surface area contributed by atoms with Gasteiger partial charge in [0, 0.05) is 24.4 Å². The highest BCUT2D eigenvalue weighted by molar-refractivity contribution is 7.09. The van der Waals surface area contributed by atoms with Gasteiger partial charge in [-0.2, -0.15) is 0 Å². The number of amides is 2. The Morgan fingerprint density at radius 2 is 2.25 bits per heavy atom. The van der Waals surface area contributed by atoms with Gasteiger partial charge in [0.1, 0.15) is 12.3 Å². The van der Waals surface area contributed by atoms with Gasteiger partial charge in [-0.1, -0.05) is 6.07 Å². The molecule has 0 saturated carbocycles. The third kappa shape index (κ3) is 7.47. The van der Waals surface area contributed by atoms with E-state index in [1.807, 2.05) is 17.5 Å². The zero-order chi connectivity index (χ0) is 19.6. The summed E-state index contributed by atoms with van der Waals surface area (Å²) in [6.45, 7) is 1.04. The van der Waals surface area contributed by atoms with Crippen molar-refractivity contribution in [3.63, 3.8) is 0 Å². The van der Waals surface area contributed by atoms with Gasteiger partial charge >= 0.3 is 0 Å². The molecule has 2 atom stereocenters. The first-order valence-electron chi connectivity index (χ1n) is 9.16. The lowest BCUT2D eigenvalue weighted by Crippen LogP contribution is -2.49. The minimum atomic E-state index is -0.602. The van der Waals surface area contributed by atoms with Crippen LogP contribution in [-0.2, 0) is 20.8 Å². The van der Waals surface area contributed by atoms with E-state index >= 15 is 0 Å². The highest BCUT2D eigenvalue weighted by Gasteiger charge is 2.34. The summed E-state index contributed by atoms with van der Waals surface area (Å²) in [6.07, 6.45) is 4.24. The van der Waals surface area contributed by atoms with Gasteiger partial charge in [0.15, 0.2) is 5.96 Å². The number of carbonyl (C=O) groups excluding carboxylic acids is 3. The number of nitrogens with one attached hydrogen (secondary N) is 3. The number of halogens is 1. The number of guanidine groups is 1. The molecule has 0 aliphatic carbocycles. The van der Waals surface area contributed by atoms with E-state index in [4.69, 9.17) is 11.1 Å². The molecule has 2 heterocycles. The van der Waals surface area contributed by atoms with Crippen LogP contribution >= 0.6 is 23.7 Å². The summed E-state index contributed by atoms with van der Waals surface area (Å²) in [5, 5.41) is 14.5. The molecule has 5 N–H and O–H groups in total. The van der Waals surface area contributed by atoms with Gasteiger partial charge in [-0.15, -0.1) is 23.7 Å². The van der Waals surface area contributed by atoms with Gasteiger partial charge in [0.05, 0.1) is 6.04 Å². The monoisotopic (exact) mass is 429 g/mol. The number of hydrogen-bond donors (Lipinski definition) is 4. The Hall–Kier alpha value is -2.13. The molecule has 1 aliphatic rings. The maximum atomic E-state index is 12.6. The van der Waals surface area contributed by atoms with Gasteiger partial charge in [-0.25, -0.2) is 0 Å². The summed E-state index contributed by atoms with van der Waals surface area (Å²) in [5.74, 6) is -0.410. The molecular weight excluding hydrogens is 402 g/mol. The SMILES string of the molecule is Cl.N=C(N)NCCC[C@@H](C=O)NC(=O)[C@@H]1CCCN1C(=O)CCc1cccs1. The zero-order valence-corrected chi connectivity index (χ0v) is 17.3. The normalized spacial score (nSPS) is 16.7. The third-order valence-electron chi connectivity index (χ3n) is 4.54. The second-order valence-electron chi connectivity index (χ2n) is 6.56. The molecule has 2 rings (SSSR count). The number of likely N-dealkylation sites (tertiary alicyclic amines) is 1. The maximum Gasteiger partial charge on any atom is 0.243 e. The average molecular weight is 430 g/mol. The molecule has 1 fully saturated rings. The van der Waals surface area contributed by atoms with E-state index in [1.165, 1.54) is 0 Å². The molecule has 1 aromatic rings. The van der Waals surface area contributed by atoms with Crippen molar-refractivity contribution in [1.82, 2.24) is 15.5 Å². The van der Waals surface area contributed by atoms with Gasteiger partial charge in [-0.05, 0) is 43.6 Å². The maximum absolute atomic E-state index is 12.6. The first-order valence-corrected chi connectivity index (χ1v) is 10.0. The van der Waals surface area contributed by atoms with E-state index in [2.05, 4.69) is 10.6 Å². The molecule has 1 aromatic heterocycles. The molecule has 156 valence electrons. The van der Waals surface area contributed by atoms with Crippen LogP contribution in [0.25, 0.3) is 0 Å². The smallest absolute Gasteiger partial charge is 0.243 e. The van der Waals surface area contributed by atoms with Crippen LogP contribution in [0.4, 0.5) is 0 Å². The summed E-state index contributed by atoms with van der Waals surface area (Å²) >= 11 is 1.62. The Morgan fingerprint density at radius 1 is 1.46 bits per heavy atom. The van der Waals surface area contributed by atoms with Crippen molar-refractivity contribution in [3.8, 4) is 0 Å².